The molecule has 0 heterocycles. The number of rotatable bonds is 7. The highest BCUT2D eigenvalue weighted by molar-refractivity contribution is 6.16. The third-order valence-corrected chi connectivity index (χ3v) is 5.09. The maximum absolute atomic E-state index is 12.6. The largest absolute Gasteiger partial charge is 0.493 e. The number of hydrogen-bond acceptors (Lipinski definition) is 5. The van der Waals surface area contributed by atoms with Gasteiger partial charge in [-0.2, -0.15) is 0 Å². The van der Waals surface area contributed by atoms with Crippen LogP contribution in [0.1, 0.15) is 29.9 Å². The molecule has 0 spiro atoms. The zero-order chi connectivity index (χ0) is 19.9. The van der Waals surface area contributed by atoms with E-state index in [-0.39, 0.29) is 17.5 Å². The van der Waals surface area contributed by atoms with Crippen LogP contribution < -0.4 is 9.47 Å². The van der Waals surface area contributed by atoms with E-state index >= 15 is 0 Å². The lowest BCUT2D eigenvalue weighted by molar-refractivity contribution is -0.133. The molecular formula is C23H25NO4. The summed E-state index contributed by atoms with van der Waals surface area (Å²) in [6.07, 6.45) is 2.99. The standard InChI is InChI=1S/C23H25NO4/c1-27-22-9-8-17(14-23(22)28-2)18-12-20(25)19(21(26)13-18)15-24-11-10-16-6-4-3-5-7-16/h3-9,14-15,18-19H,10-13H2,1-2H3. The molecule has 2 aromatic carbocycles. The van der Waals surface area contributed by atoms with E-state index in [1.807, 2.05) is 42.5 Å². The topological polar surface area (TPSA) is 65.0 Å². The number of nitrogens with zero attached hydrogens (tertiary/aromatic N) is 1. The summed E-state index contributed by atoms with van der Waals surface area (Å²) in [5.41, 5.74) is 2.10. The summed E-state index contributed by atoms with van der Waals surface area (Å²) in [5, 5.41) is 0. The van der Waals surface area contributed by atoms with Crippen LogP contribution in [0.4, 0.5) is 0 Å². The first kappa shape index (κ1) is 19.8. The second kappa shape index (κ2) is 9.31. The van der Waals surface area contributed by atoms with E-state index in [1.165, 1.54) is 5.56 Å². The predicted octanol–water partition coefficient (Wildman–Crippen LogP) is 3.65. The van der Waals surface area contributed by atoms with Gasteiger partial charge in [0, 0.05) is 25.6 Å². The molecule has 0 radical (unpaired) electrons. The summed E-state index contributed by atoms with van der Waals surface area (Å²) in [4.78, 5) is 29.5. The molecule has 1 aliphatic rings. The summed E-state index contributed by atoms with van der Waals surface area (Å²) < 4.78 is 10.6. The Hall–Kier alpha value is -2.95. The fourth-order valence-corrected chi connectivity index (χ4v) is 3.52. The van der Waals surface area contributed by atoms with Crippen molar-refractivity contribution >= 4 is 17.8 Å². The van der Waals surface area contributed by atoms with Crippen molar-refractivity contribution < 1.29 is 19.1 Å². The van der Waals surface area contributed by atoms with E-state index in [4.69, 9.17) is 9.47 Å². The number of aliphatic imine (C=N–C) groups is 1. The van der Waals surface area contributed by atoms with Gasteiger partial charge in [0.2, 0.25) is 0 Å². The Kier molecular flexibility index (Phi) is 6.58. The monoisotopic (exact) mass is 379 g/mol. The minimum atomic E-state index is -0.716. The first-order valence-electron chi connectivity index (χ1n) is 9.43. The number of ketones is 2. The molecule has 0 saturated heterocycles. The average Bonchev–Trinajstić information content (AvgIpc) is 2.72. The molecule has 146 valence electrons. The van der Waals surface area contributed by atoms with Gasteiger partial charge in [-0.15, -0.1) is 0 Å². The average molecular weight is 379 g/mol. The van der Waals surface area contributed by atoms with Crippen LogP contribution in [-0.2, 0) is 16.0 Å². The minimum absolute atomic E-state index is 0.0699. The van der Waals surface area contributed by atoms with Crippen LogP contribution in [0.2, 0.25) is 0 Å². The Morgan fingerprint density at radius 2 is 1.64 bits per heavy atom. The molecule has 0 N–H and O–H groups in total. The highest BCUT2D eigenvalue weighted by atomic mass is 16.5. The van der Waals surface area contributed by atoms with Crippen molar-refractivity contribution in [2.75, 3.05) is 20.8 Å². The summed E-state index contributed by atoms with van der Waals surface area (Å²) in [5.74, 6) is 0.243. The summed E-state index contributed by atoms with van der Waals surface area (Å²) in [7, 11) is 3.15. The Labute approximate surface area is 165 Å². The maximum atomic E-state index is 12.6. The van der Waals surface area contributed by atoms with Gasteiger partial charge >= 0.3 is 0 Å². The van der Waals surface area contributed by atoms with Crippen LogP contribution in [0.25, 0.3) is 0 Å². The third-order valence-electron chi connectivity index (χ3n) is 5.09. The van der Waals surface area contributed by atoms with Crippen molar-refractivity contribution in [1.82, 2.24) is 0 Å². The van der Waals surface area contributed by atoms with E-state index in [9.17, 15) is 9.59 Å². The van der Waals surface area contributed by atoms with Gasteiger partial charge in [-0.05, 0) is 35.6 Å². The van der Waals surface area contributed by atoms with Crippen LogP contribution in [0.15, 0.2) is 53.5 Å². The number of benzene rings is 2. The van der Waals surface area contributed by atoms with Crippen LogP contribution in [0.5, 0.6) is 11.5 Å². The maximum Gasteiger partial charge on any atom is 0.160 e. The lowest BCUT2D eigenvalue weighted by atomic mass is 9.77. The van der Waals surface area contributed by atoms with Crippen molar-refractivity contribution in [2.45, 2.75) is 25.2 Å². The van der Waals surface area contributed by atoms with Crippen LogP contribution in [0, 0.1) is 5.92 Å². The van der Waals surface area contributed by atoms with Crippen molar-refractivity contribution in [1.29, 1.82) is 0 Å². The second-order valence-electron chi connectivity index (χ2n) is 6.92. The molecule has 28 heavy (non-hydrogen) atoms. The second-order valence-corrected chi connectivity index (χ2v) is 6.92. The van der Waals surface area contributed by atoms with E-state index in [1.54, 1.807) is 26.5 Å². The normalized spacial score (nSPS) is 19.8. The third kappa shape index (κ3) is 4.66. The van der Waals surface area contributed by atoms with E-state index in [2.05, 4.69) is 4.99 Å². The fourth-order valence-electron chi connectivity index (χ4n) is 3.52. The van der Waals surface area contributed by atoms with E-state index in [0.717, 1.165) is 12.0 Å². The lowest BCUT2D eigenvalue weighted by Gasteiger charge is -2.25. The summed E-state index contributed by atoms with van der Waals surface area (Å²) in [6.45, 7) is 0.570. The van der Waals surface area contributed by atoms with E-state index in [0.29, 0.717) is 30.9 Å². The van der Waals surface area contributed by atoms with Gasteiger partial charge < -0.3 is 9.47 Å². The van der Waals surface area contributed by atoms with Crippen LogP contribution in [-0.4, -0.2) is 38.5 Å². The lowest BCUT2D eigenvalue weighted by Crippen LogP contribution is -2.33. The highest BCUT2D eigenvalue weighted by Gasteiger charge is 2.35. The number of carbonyl (C=O) groups is 2. The molecule has 0 bridgehead atoms. The van der Waals surface area contributed by atoms with Gasteiger partial charge in [-0.1, -0.05) is 36.4 Å². The highest BCUT2D eigenvalue weighted by Crippen LogP contribution is 2.36. The Morgan fingerprint density at radius 3 is 2.29 bits per heavy atom. The fraction of sp³-hybridized carbons (Fsp3) is 0.348. The molecule has 1 fully saturated rings. The number of ether oxygens (including phenoxy) is 2. The Morgan fingerprint density at radius 1 is 0.964 bits per heavy atom. The summed E-state index contributed by atoms with van der Waals surface area (Å²) >= 11 is 0. The van der Waals surface area contributed by atoms with Gasteiger partial charge in [-0.25, -0.2) is 0 Å². The molecule has 5 nitrogen and oxygen atoms in total. The van der Waals surface area contributed by atoms with Gasteiger partial charge in [0.1, 0.15) is 17.5 Å². The molecule has 0 atom stereocenters. The number of Topliss-reactive ketones (excluding diaryl/α,β-unsaturated/α-hetero) is 2. The first-order valence-corrected chi connectivity index (χ1v) is 9.43. The first-order chi connectivity index (χ1) is 13.6. The van der Waals surface area contributed by atoms with Gasteiger partial charge in [-0.3, -0.25) is 14.6 Å². The number of carbonyl (C=O) groups excluding carboxylic acids is 2. The Bertz CT molecular complexity index is 842. The molecule has 1 saturated carbocycles. The van der Waals surface area contributed by atoms with Crippen molar-refractivity contribution in [3.63, 3.8) is 0 Å². The molecule has 2 aromatic rings. The van der Waals surface area contributed by atoms with Gasteiger partial charge in [0.25, 0.3) is 0 Å². The van der Waals surface area contributed by atoms with Crippen molar-refractivity contribution in [3.8, 4) is 11.5 Å². The molecule has 0 aromatic heterocycles. The zero-order valence-electron chi connectivity index (χ0n) is 16.3. The Balaban J connectivity index is 1.61. The molecule has 0 aliphatic heterocycles. The molecule has 5 heteroatoms. The zero-order valence-corrected chi connectivity index (χ0v) is 16.3. The molecule has 0 unspecified atom stereocenters. The number of hydrogen-bond donors (Lipinski definition) is 0. The predicted molar refractivity (Wildman–Crippen MR) is 109 cm³/mol. The van der Waals surface area contributed by atoms with Gasteiger partial charge in [0.15, 0.2) is 11.5 Å². The SMILES string of the molecule is COc1ccc(C2CC(=O)C(C=NCCc3ccccc3)C(=O)C2)cc1OC. The van der Waals surface area contributed by atoms with Crippen LogP contribution in [0.3, 0.4) is 0 Å². The van der Waals surface area contributed by atoms with Crippen molar-refractivity contribution in [2.24, 2.45) is 10.9 Å². The summed E-state index contributed by atoms with van der Waals surface area (Å²) in [6, 6.07) is 15.6. The van der Waals surface area contributed by atoms with Crippen LogP contribution >= 0.6 is 0 Å². The number of methoxy groups -OCH3 is 2. The molecule has 0 amide bonds. The minimum Gasteiger partial charge on any atom is -0.493 e. The molecular weight excluding hydrogens is 354 g/mol. The van der Waals surface area contributed by atoms with E-state index < -0.39 is 5.92 Å². The quantitative estimate of drug-likeness (QED) is 0.544. The molecule has 1 aliphatic carbocycles. The molecule has 3 rings (SSSR count). The smallest absolute Gasteiger partial charge is 0.160 e. The van der Waals surface area contributed by atoms with Crippen molar-refractivity contribution in [3.05, 3.63) is 59.7 Å². The van der Waals surface area contributed by atoms with Gasteiger partial charge in [0.05, 0.1) is 14.2 Å².